The summed E-state index contributed by atoms with van der Waals surface area (Å²) in [5.74, 6) is 2.02. The Hall–Kier alpha value is -3.00. The molecule has 0 N–H and O–H groups in total. The number of amides is 1. The quantitative estimate of drug-likeness (QED) is 0.672. The summed E-state index contributed by atoms with van der Waals surface area (Å²) in [5.41, 5.74) is 1.35. The summed E-state index contributed by atoms with van der Waals surface area (Å²) in [4.78, 5) is 16.8. The summed E-state index contributed by atoms with van der Waals surface area (Å²) in [7, 11) is 0. The maximum atomic E-state index is 12.8. The van der Waals surface area contributed by atoms with Crippen LogP contribution in [0.25, 0.3) is 5.65 Å². The number of aromatic nitrogens is 3. The van der Waals surface area contributed by atoms with Gasteiger partial charge in [0.15, 0.2) is 17.1 Å². The summed E-state index contributed by atoms with van der Waals surface area (Å²) in [6, 6.07) is 8.91. The number of nitrogens with zero attached hydrogens (tertiary/aromatic N) is 5. The molecule has 0 spiro atoms. The number of halogens is 1. The minimum absolute atomic E-state index is 0.0119. The van der Waals surface area contributed by atoms with Crippen molar-refractivity contribution >= 4 is 29.1 Å². The Balaban J connectivity index is 1.31. The van der Waals surface area contributed by atoms with E-state index >= 15 is 0 Å². The maximum absolute atomic E-state index is 12.8. The van der Waals surface area contributed by atoms with E-state index in [9.17, 15) is 4.79 Å². The second-order valence-electron chi connectivity index (χ2n) is 6.42. The van der Waals surface area contributed by atoms with Crippen LogP contribution >= 0.6 is 11.6 Å². The van der Waals surface area contributed by atoms with Crippen molar-refractivity contribution in [2.24, 2.45) is 0 Å². The summed E-state index contributed by atoms with van der Waals surface area (Å²) >= 11 is 6.09. The van der Waals surface area contributed by atoms with E-state index in [1.807, 2.05) is 15.4 Å². The number of rotatable bonds is 2. The zero-order valence-electron chi connectivity index (χ0n) is 14.3. The Labute approximate surface area is 159 Å². The Morgan fingerprint density at radius 1 is 1.00 bits per heavy atom. The zero-order valence-corrected chi connectivity index (χ0v) is 15.1. The lowest BCUT2D eigenvalue weighted by Gasteiger charge is -2.34. The molecule has 3 aromatic rings. The molecule has 138 valence electrons. The highest BCUT2D eigenvalue weighted by molar-refractivity contribution is 6.30. The minimum atomic E-state index is -0.0119. The van der Waals surface area contributed by atoms with E-state index in [1.165, 1.54) is 0 Å². The van der Waals surface area contributed by atoms with Crippen LogP contribution < -0.4 is 14.4 Å². The molecular weight excluding hydrogens is 370 g/mol. The molecule has 2 aliphatic heterocycles. The second kappa shape index (κ2) is 6.31. The normalized spacial score (nSPS) is 16.2. The highest BCUT2D eigenvalue weighted by Crippen LogP contribution is 2.33. The van der Waals surface area contributed by atoms with Gasteiger partial charge in [0, 0.05) is 37.9 Å². The van der Waals surface area contributed by atoms with Crippen molar-refractivity contribution < 1.29 is 14.3 Å². The van der Waals surface area contributed by atoms with Gasteiger partial charge in [-0.05, 0) is 30.3 Å². The maximum Gasteiger partial charge on any atom is 0.254 e. The fraction of sp³-hybridized carbons (Fsp3) is 0.278. The molecule has 1 saturated heterocycles. The van der Waals surface area contributed by atoms with Gasteiger partial charge in [0.1, 0.15) is 0 Å². The van der Waals surface area contributed by atoms with Crippen LogP contribution in [0.4, 0.5) is 5.95 Å². The number of hydrogen-bond donors (Lipinski definition) is 0. The number of anilines is 1. The summed E-state index contributed by atoms with van der Waals surface area (Å²) in [6.07, 6.45) is 1.80. The number of carbonyl (C=O) groups is 1. The van der Waals surface area contributed by atoms with Gasteiger partial charge >= 0.3 is 0 Å². The van der Waals surface area contributed by atoms with Crippen molar-refractivity contribution in [1.82, 2.24) is 19.5 Å². The molecule has 2 aliphatic rings. The average Bonchev–Trinajstić information content (AvgIpc) is 3.33. The van der Waals surface area contributed by atoms with E-state index in [0.717, 1.165) is 11.6 Å². The smallest absolute Gasteiger partial charge is 0.254 e. The number of fused-ring (bicyclic) bond motifs is 2. The van der Waals surface area contributed by atoms with Gasteiger partial charge in [-0.3, -0.25) is 9.20 Å². The van der Waals surface area contributed by atoms with Gasteiger partial charge in [-0.15, -0.1) is 10.2 Å². The molecule has 1 aromatic carbocycles. The predicted molar refractivity (Wildman–Crippen MR) is 98.7 cm³/mol. The zero-order chi connectivity index (χ0) is 18.4. The first-order valence-electron chi connectivity index (χ1n) is 8.63. The largest absolute Gasteiger partial charge is 0.454 e. The Kier molecular flexibility index (Phi) is 3.78. The van der Waals surface area contributed by atoms with Crippen LogP contribution in [0, 0.1) is 0 Å². The van der Waals surface area contributed by atoms with Crippen molar-refractivity contribution in [2.45, 2.75) is 0 Å². The predicted octanol–water partition coefficient (Wildman–Crippen LogP) is 2.07. The van der Waals surface area contributed by atoms with E-state index in [2.05, 4.69) is 15.1 Å². The van der Waals surface area contributed by atoms with Crippen LogP contribution in [-0.2, 0) is 0 Å². The molecule has 5 rings (SSSR count). The highest BCUT2D eigenvalue weighted by atomic mass is 35.5. The van der Waals surface area contributed by atoms with Gasteiger partial charge in [-0.2, -0.15) is 0 Å². The van der Waals surface area contributed by atoms with E-state index in [4.69, 9.17) is 21.1 Å². The molecule has 0 aliphatic carbocycles. The summed E-state index contributed by atoms with van der Waals surface area (Å²) < 4.78 is 12.5. The number of carbonyl (C=O) groups excluding carboxylic acids is 1. The van der Waals surface area contributed by atoms with Crippen LogP contribution in [0.3, 0.4) is 0 Å². The van der Waals surface area contributed by atoms with E-state index in [1.54, 1.807) is 30.5 Å². The van der Waals surface area contributed by atoms with Crippen LogP contribution in [0.5, 0.6) is 11.5 Å². The topological polar surface area (TPSA) is 72.2 Å². The lowest BCUT2D eigenvalue weighted by molar-refractivity contribution is 0.0745. The van der Waals surface area contributed by atoms with E-state index in [0.29, 0.717) is 48.3 Å². The second-order valence-corrected chi connectivity index (χ2v) is 6.86. The lowest BCUT2D eigenvalue weighted by Crippen LogP contribution is -2.49. The molecule has 27 heavy (non-hydrogen) atoms. The third-order valence-electron chi connectivity index (χ3n) is 4.82. The molecule has 4 heterocycles. The molecule has 1 amide bonds. The number of benzene rings is 1. The molecule has 0 unspecified atom stereocenters. The first kappa shape index (κ1) is 16.2. The van der Waals surface area contributed by atoms with Gasteiger partial charge in [0.25, 0.3) is 5.91 Å². The molecule has 0 saturated carbocycles. The lowest BCUT2D eigenvalue weighted by atomic mass is 10.1. The number of hydrogen-bond acceptors (Lipinski definition) is 6. The average molecular weight is 386 g/mol. The van der Waals surface area contributed by atoms with Gasteiger partial charge < -0.3 is 19.3 Å². The van der Waals surface area contributed by atoms with Crippen molar-refractivity contribution in [3.05, 3.63) is 47.1 Å². The first-order chi connectivity index (χ1) is 13.2. The number of piperazine rings is 1. The molecular formula is C18H16ClN5O3. The molecule has 0 bridgehead atoms. The van der Waals surface area contributed by atoms with Crippen LogP contribution in [0.1, 0.15) is 10.4 Å². The van der Waals surface area contributed by atoms with Crippen molar-refractivity contribution in [2.75, 3.05) is 37.9 Å². The van der Waals surface area contributed by atoms with Gasteiger partial charge in [0.2, 0.25) is 12.7 Å². The standard InChI is InChI=1S/C18H16ClN5O3/c19-13-2-4-16-20-21-18(24(16)10-13)23-7-5-22(6-8-23)17(25)12-1-3-14-15(9-12)27-11-26-14/h1-4,9-10H,5-8,11H2. The Bertz CT molecular complexity index is 1030. The van der Waals surface area contributed by atoms with Crippen LogP contribution in [0.15, 0.2) is 36.5 Å². The third kappa shape index (κ3) is 2.82. The summed E-state index contributed by atoms with van der Waals surface area (Å²) in [5, 5.41) is 9.08. The molecule has 0 radical (unpaired) electrons. The Morgan fingerprint density at radius 3 is 2.67 bits per heavy atom. The fourth-order valence-electron chi connectivity index (χ4n) is 3.39. The van der Waals surface area contributed by atoms with E-state index in [-0.39, 0.29) is 12.7 Å². The fourth-order valence-corrected chi connectivity index (χ4v) is 3.55. The van der Waals surface area contributed by atoms with Crippen LogP contribution in [0.2, 0.25) is 5.02 Å². The molecule has 2 aromatic heterocycles. The van der Waals surface area contributed by atoms with Crippen molar-refractivity contribution in [3.63, 3.8) is 0 Å². The summed E-state index contributed by atoms with van der Waals surface area (Å²) in [6.45, 7) is 2.74. The Morgan fingerprint density at radius 2 is 1.81 bits per heavy atom. The van der Waals surface area contributed by atoms with E-state index < -0.39 is 0 Å². The van der Waals surface area contributed by atoms with Gasteiger partial charge in [0.05, 0.1) is 5.02 Å². The number of ether oxygens (including phenoxy) is 2. The molecule has 0 atom stereocenters. The SMILES string of the molecule is O=C(c1ccc2c(c1)OCO2)N1CCN(c2nnc3ccc(Cl)cn23)CC1. The minimum Gasteiger partial charge on any atom is -0.454 e. The molecule has 8 nitrogen and oxygen atoms in total. The van der Waals surface area contributed by atoms with Crippen LogP contribution in [-0.4, -0.2) is 58.4 Å². The van der Waals surface area contributed by atoms with Crippen molar-refractivity contribution in [1.29, 1.82) is 0 Å². The molecule has 9 heteroatoms. The monoisotopic (exact) mass is 385 g/mol. The van der Waals surface area contributed by atoms with Crippen molar-refractivity contribution in [3.8, 4) is 11.5 Å². The molecule has 1 fully saturated rings. The third-order valence-corrected chi connectivity index (χ3v) is 5.04. The van der Waals surface area contributed by atoms with Gasteiger partial charge in [-0.25, -0.2) is 0 Å². The van der Waals surface area contributed by atoms with Gasteiger partial charge in [-0.1, -0.05) is 11.6 Å². The highest BCUT2D eigenvalue weighted by Gasteiger charge is 2.26. The number of pyridine rings is 1. The first-order valence-corrected chi connectivity index (χ1v) is 9.01.